The predicted molar refractivity (Wildman–Crippen MR) is 89.4 cm³/mol. The van der Waals surface area contributed by atoms with Gasteiger partial charge in [0, 0.05) is 19.5 Å². The molecular weight excluding hydrogens is 322 g/mol. The van der Waals surface area contributed by atoms with Crippen LogP contribution in [0.2, 0.25) is 0 Å². The molecule has 2 aromatic rings. The number of ether oxygens (including phenoxy) is 2. The van der Waals surface area contributed by atoms with Crippen LogP contribution < -0.4 is 10.1 Å². The largest absolute Gasteiger partial charge is 0.493 e. The number of urea groups is 1. The van der Waals surface area contributed by atoms with Crippen molar-refractivity contribution >= 4 is 6.03 Å². The van der Waals surface area contributed by atoms with E-state index in [0.29, 0.717) is 32.1 Å². The first-order chi connectivity index (χ1) is 12.3. The fourth-order valence-electron chi connectivity index (χ4n) is 3.26. The lowest BCUT2D eigenvalue weighted by molar-refractivity contribution is 0.00879. The zero-order valence-corrected chi connectivity index (χ0v) is 13.9. The van der Waals surface area contributed by atoms with Crippen molar-refractivity contribution in [2.75, 3.05) is 32.9 Å². The molecule has 4 rings (SSSR count). The number of amides is 2. The van der Waals surface area contributed by atoms with Crippen LogP contribution in [0.5, 0.6) is 5.75 Å². The zero-order chi connectivity index (χ0) is 17.1. The second kappa shape index (κ2) is 7.10. The number of nitrogens with zero attached hydrogens (tertiary/aromatic N) is 3. The first kappa shape index (κ1) is 15.9. The Morgan fingerprint density at radius 1 is 1.40 bits per heavy atom. The minimum atomic E-state index is -0.228. The second-order valence-electron chi connectivity index (χ2n) is 6.18. The molecule has 0 spiro atoms. The molecule has 0 radical (unpaired) electrons. The summed E-state index contributed by atoms with van der Waals surface area (Å²) in [5, 5.41) is 9.68. The average Bonchev–Trinajstić information content (AvgIpc) is 3.33. The fourth-order valence-corrected chi connectivity index (χ4v) is 3.26. The van der Waals surface area contributed by atoms with E-state index < -0.39 is 0 Å². The second-order valence-corrected chi connectivity index (χ2v) is 6.18. The quantitative estimate of drug-likeness (QED) is 0.866. The van der Waals surface area contributed by atoms with Crippen molar-refractivity contribution in [3.8, 4) is 5.75 Å². The SMILES string of the molecule is O=C(NCCc1ccc2c(c1)CCO2)N1CCOCC1c1ncn[nH]1. The summed E-state index contributed by atoms with van der Waals surface area (Å²) in [4.78, 5) is 18.5. The Labute approximate surface area is 145 Å². The highest BCUT2D eigenvalue weighted by molar-refractivity contribution is 5.74. The van der Waals surface area contributed by atoms with Crippen LogP contribution in [0.25, 0.3) is 0 Å². The molecule has 1 fully saturated rings. The molecule has 8 nitrogen and oxygen atoms in total. The van der Waals surface area contributed by atoms with Crippen LogP contribution in [-0.2, 0) is 17.6 Å². The summed E-state index contributed by atoms with van der Waals surface area (Å²) in [7, 11) is 0. The number of carbonyl (C=O) groups excluding carboxylic acids is 1. The van der Waals surface area contributed by atoms with Crippen LogP contribution in [-0.4, -0.2) is 59.0 Å². The van der Waals surface area contributed by atoms with Gasteiger partial charge in [0.1, 0.15) is 23.9 Å². The molecule has 25 heavy (non-hydrogen) atoms. The molecule has 132 valence electrons. The van der Waals surface area contributed by atoms with Crippen LogP contribution >= 0.6 is 0 Å². The maximum Gasteiger partial charge on any atom is 0.318 e. The van der Waals surface area contributed by atoms with Gasteiger partial charge < -0.3 is 19.7 Å². The maximum atomic E-state index is 12.6. The van der Waals surface area contributed by atoms with Gasteiger partial charge >= 0.3 is 6.03 Å². The van der Waals surface area contributed by atoms with Gasteiger partial charge in [-0.05, 0) is 23.6 Å². The lowest BCUT2D eigenvalue weighted by Crippen LogP contribution is -2.48. The van der Waals surface area contributed by atoms with E-state index in [9.17, 15) is 4.79 Å². The van der Waals surface area contributed by atoms with Gasteiger partial charge in [0.2, 0.25) is 0 Å². The summed E-state index contributed by atoms with van der Waals surface area (Å²) in [6.45, 7) is 2.83. The Bertz CT molecular complexity index is 734. The van der Waals surface area contributed by atoms with Crippen LogP contribution in [0.3, 0.4) is 0 Å². The first-order valence-electron chi connectivity index (χ1n) is 8.53. The highest BCUT2D eigenvalue weighted by Gasteiger charge is 2.30. The van der Waals surface area contributed by atoms with Crippen molar-refractivity contribution < 1.29 is 14.3 Å². The monoisotopic (exact) mass is 343 g/mol. The van der Waals surface area contributed by atoms with Crippen LogP contribution in [0, 0.1) is 0 Å². The number of hydrogen-bond acceptors (Lipinski definition) is 5. The van der Waals surface area contributed by atoms with Gasteiger partial charge in [0.15, 0.2) is 0 Å². The summed E-state index contributed by atoms with van der Waals surface area (Å²) in [6, 6.07) is 5.91. The van der Waals surface area contributed by atoms with E-state index in [1.165, 1.54) is 17.5 Å². The Balaban J connectivity index is 1.33. The van der Waals surface area contributed by atoms with Crippen molar-refractivity contribution in [1.29, 1.82) is 0 Å². The van der Waals surface area contributed by atoms with Gasteiger partial charge in [-0.2, -0.15) is 5.10 Å². The Morgan fingerprint density at radius 2 is 2.36 bits per heavy atom. The molecule has 0 saturated carbocycles. The molecule has 1 atom stereocenters. The topological polar surface area (TPSA) is 92.4 Å². The van der Waals surface area contributed by atoms with Gasteiger partial charge in [-0.1, -0.05) is 12.1 Å². The molecule has 1 aromatic heterocycles. The third-order valence-electron chi connectivity index (χ3n) is 4.58. The van der Waals surface area contributed by atoms with E-state index in [-0.39, 0.29) is 12.1 Å². The van der Waals surface area contributed by atoms with Crippen LogP contribution in [0.15, 0.2) is 24.5 Å². The fraction of sp³-hybridized carbons (Fsp3) is 0.471. The smallest absolute Gasteiger partial charge is 0.318 e. The predicted octanol–water partition coefficient (Wildman–Crippen LogP) is 1.07. The van der Waals surface area contributed by atoms with Crippen molar-refractivity contribution in [2.24, 2.45) is 0 Å². The average molecular weight is 343 g/mol. The van der Waals surface area contributed by atoms with Crippen molar-refractivity contribution in [3.05, 3.63) is 41.5 Å². The molecule has 1 unspecified atom stereocenters. The summed E-state index contributed by atoms with van der Waals surface area (Å²) in [5.41, 5.74) is 2.46. The van der Waals surface area contributed by atoms with Crippen molar-refractivity contribution in [2.45, 2.75) is 18.9 Å². The van der Waals surface area contributed by atoms with E-state index in [1.807, 2.05) is 6.07 Å². The number of fused-ring (bicyclic) bond motifs is 1. The number of aromatic nitrogens is 3. The van der Waals surface area contributed by atoms with Crippen molar-refractivity contribution in [3.63, 3.8) is 0 Å². The molecular formula is C17H21N5O3. The molecule has 1 saturated heterocycles. The number of benzene rings is 1. The molecule has 3 heterocycles. The summed E-state index contributed by atoms with van der Waals surface area (Å²) in [6.07, 6.45) is 3.19. The number of morpholine rings is 1. The highest BCUT2D eigenvalue weighted by atomic mass is 16.5. The number of hydrogen-bond donors (Lipinski definition) is 2. The number of nitrogens with one attached hydrogen (secondary N) is 2. The highest BCUT2D eigenvalue weighted by Crippen LogP contribution is 2.26. The van der Waals surface area contributed by atoms with Gasteiger partial charge in [-0.15, -0.1) is 0 Å². The summed E-state index contributed by atoms with van der Waals surface area (Å²) in [5.74, 6) is 1.63. The van der Waals surface area contributed by atoms with Gasteiger partial charge in [0.25, 0.3) is 0 Å². The maximum absolute atomic E-state index is 12.6. The molecule has 0 bridgehead atoms. The van der Waals surface area contributed by atoms with Crippen molar-refractivity contribution in [1.82, 2.24) is 25.4 Å². The molecule has 0 aliphatic carbocycles. The molecule has 8 heteroatoms. The number of H-pyrrole nitrogens is 1. The van der Waals surface area contributed by atoms with E-state index in [0.717, 1.165) is 25.2 Å². The number of carbonyl (C=O) groups is 1. The lowest BCUT2D eigenvalue weighted by atomic mass is 10.1. The molecule has 2 aliphatic heterocycles. The van der Waals surface area contributed by atoms with E-state index in [4.69, 9.17) is 9.47 Å². The van der Waals surface area contributed by atoms with Gasteiger partial charge in [-0.3, -0.25) is 5.10 Å². The third kappa shape index (κ3) is 3.43. The number of rotatable bonds is 4. The zero-order valence-electron chi connectivity index (χ0n) is 13.9. The minimum absolute atomic E-state index is 0.103. The molecule has 2 amide bonds. The van der Waals surface area contributed by atoms with E-state index in [2.05, 4.69) is 32.6 Å². The Morgan fingerprint density at radius 3 is 3.24 bits per heavy atom. The summed E-state index contributed by atoms with van der Waals surface area (Å²) >= 11 is 0. The summed E-state index contributed by atoms with van der Waals surface area (Å²) < 4.78 is 11.0. The number of aromatic amines is 1. The standard InChI is InChI=1S/C17H21N5O3/c23-17(22-6-8-24-10-14(22)16-19-11-20-21-16)18-5-3-12-1-2-15-13(9-12)4-7-25-15/h1-2,9,11,14H,3-8,10H2,(H,18,23)(H,19,20,21). The Hall–Kier alpha value is -2.61. The van der Waals surface area contributed by atoms with Crippen LogP contribution in [0.4, 0.5) is 4.79 Å². The molecule has 1 aromatic carbocycles. The van der Waals surface area contributed by atoms with Gasteiger partial charge in [-0.25, -0.2) is 9.78 Å². The lowest BCUT2D eigenvalue weighted by Gasteiger charge is -2.34. The van der Waals surface area contributed by atoms with E-state index >= 15 is 0 Å². The Kier molecular flexibility index (Phi) is 4.51. The molecule has 2 N–H and O–H groups in total. The third-order valence-corrected chi connectivity index (χ3v) is 4.58. The first-order valence-corrected chi connectivity index (χ1v) is 8.53. The van der Waals surface area contributed by atoms with Gasteiger partial charge in [0.05, 0.1) is 19.8 Å². The molecule has 2 aliphatic rings. The normalized spacial score (nSPS) is 19.4. The van der Waals surface area contributed by atoms with E-state index in [1.54, 1.807) is 4.90 Å². The minimum Gasteiger partial charge on any atom is -0.493 e. The van der Waals surface area contributed by atoms with Crippen LogP contribution in [0.1, 0.15) is 23.0 Å².